The van der Waals surface area contributed by atoms with Gasteiger partial charge in [-0.1, -0.05) is 6.92 Å². The summed E-state index contributed by atoms with van der Waals surface area (Å²) in [7, 11) is 0. The quantitative estimate of drug-likeness (QED) is 0.364. The van der Waals surface area contributed by atoms with Gasteiger partial charge in [-0.15, -0.1) is 11.6 Å². The molecule has 0 aromatic rings. The molecule has 0 aromatic carbocycles. The summed E-state index contributed by atoms with van der Waals surface area (Å²) in [6.07, 6.45) is 2.88. The van der Waals surface area contributed by atoms with E-state index >= 15 is 0 Å². The van der Waals surface area contributed by atoms with E-state index in [0.29, 0.717) is 25.5 Å². The standard InChI is InChI=1S/C12H22ClNO3/c1-3-9-14(10-12(16)17-4-2)11(15)7-5-6-8-13/h3-10H2,1-2H3. The van der Waals surface area contributed by atoms with Crippen molar-refractivity contribution < 1.29 is 14.3 Å². The minimum atomic E-state index is -0.341. The van der Waals surface area contributed by atoms with Crippen LogP contribution >= 0.6 is 11.6 Å². The van der Waals surface area contributed by atoms with Gasteiger partial charge in [0, 0.05) is 18.8 Å². The first-order chi connectivity index (χ1) is 8.15. The molecule has 0 aromatic heterocycles. The third-order valence-electron chi connectivity index (χ3n) is 2.25. The molecule has 0 saturated heterocycles. The van der Waals surface area contributed by atoms with Gasteiger partial charge in [-0.3, -0.25) is 9.59 Å². The molecule has 4 nitrogen and oxygen atoms in total. The lowest BCUT2D eigenvalue weighted by Crippen LogP contribution is -2.36. The number of unbranched alkanes of at least 4 members (excludes halogenated alkanes) is 1. The van der Waals surface area contributed by atoms with Crippen molar-refractivity contribution in [1.29, 1.82) is 0 Å². The molecule has 0 bridgehead atoms. The Kier molecular flexibility index (Phi) is 9.92. The summed E-state index contributed by atoms with van der Waals surface area (Å²) in [6, 6.07) is 0. The van der Waals surface area contributed by atoms with E-state index in [2.05, 4.69) is 0 Å². The third-order valence-corrected chi connectivity index (χ3v) is 2.51. The molecule has 0 radical (unpaired) electrons. The van der Waals surface area contributed by atoms with E-state index in [1.807, 2.05) is 6.92 Å². The van der Waals surface area contributed by atoms with Crippen LogP contribution in [-0.2, 0) is 14.3 Å². The van der Waals surface area contributed by atoms with Crippen molar-refractivity contribution in [1.82, 2.24) is 4.90 Å². The SMILES string of the molecule is CCCN(CC(=O)OCC)C(=O)CCCCCl. The maximum atomic E-state index is 11.8. The smallest absolute Gasteiger partial charge is 0.325 e. The van der Waals surface area contributed by atoms with Gasteiger partial charge in [-0.2, -0.15) is 0 Å². The molecule has 17 heavy (non-hydrogen) atoms. The minimum Gasteiger partial charge on any atom is -0.465 e. The second-order valence-electron chi connectivity index (χ2n) is 3.77. The van der Waals surface area contributed by atoms with Gasteiger partial charge in [-0.25, -0.2) is 0 Å². The molecule has 0 aliphatic rings. The van der Waals surface area contributed by atoms with Crippen LogP contribution in [0.1, 0.15) is 39.5 Å². The summed E-state index contributed by atoms with van der Waals surface area (Å²) in [5.41, 5.74) is 0. The number of halogens is 1. The Bertz CT molecular complexity index is 234. The van der Waals surface area contributed by atoms with Crippen LogP contribution < -0.4 is 0 Å². The molecular weight excluding hydrogens is 242 g/mol. The van der Waals surface area contributed by atoms with Crippen molar-refractivity contribution in [3.05, 3.63) is 0 Å². The number of alkyl halides is 1. The summed E-state index contributed by atoms with van der Waals surface area (Å²) >= 11 is 5.55. The van der Waals surface area contributed by atoms with Crippen molar-refractivity contribution in [3.8, 4) is 0 Å². The number of ether oxygens (including phenoxy) is 1. The minimum absolute atomic E-state index is 0.00465. The Morgan fingerprint density at radius 1 is 1.24 bits per heavy atom. The normalized spacial score (nSPS) is 10.1. The largest absolute Gasteiger partial charge is 0.465 e. The van der Waals surface area contributed by atoms with Crippen LogP contribution in [0.3, 0.4) is 0 Å². The molecule has 0 N–H and O–H groups in total. The van der Waals surface area contributed by atoms with Gasteiger partial charge in [-0.05, 0) is 26.2 Å². The lowest BCUT2D eigenvalue weighted by molar-refractivity contribution is -0.149. The fraction of sp³-hybridized carbons (Fsp3) is 0.833. The van der Waals surface area contributed by atoms with Crippen LogP contribution in [0.25, 0.3) is 0 Å². The second kappa shape index (κ2) is 10.4. The van der Waals surface area contributed by atoms with Crippen molar-refractivity contribution >= 4 is 23.5 Å². The monoisotopic (exact) mass is 263 g/mol. The number of rotatable bonds is 9. The molecule has 0 rings (SSSR count). The molecule has 1 amide bonds. The molecule has 0 fully saturated rings. The first-order valence-electron chi connectivity index (χ1n) is 6.15. The lowest BCUT2D eigenvalue weighted by atomic mass is 10.2. The van der Waals surface area contributed by atoms with Gasteiger partial charge >= 0.3 is 5.97 Å². The van der Waals surface area contributed by atoms with E-state index in [0.717, 1.165) is 19.3 Å². The van der Waals surface area contributed by atoms with Gasteiger partial charge in [0.1, 0.15) is 6.54 Å². The summed E-state index contributed by atoms with van der Waals surface area (Å²) < 4.78 is 4.84. The van der Waals surface area contributed by atoms with E-state index in [1.54, 1.807) is 11.8 Å². The first-order valence-corrected chi connectivity index (χ1v) is 6.68. The summed E-state index contributed by atoms with van der Waals surface area (Å²) in [5.74, 6) is 0.232. The van der Waals surface area contributed by atoms with E-state index in [9.17, 15) is 9.59 Å². The molecular formula is C12H22ClNO3. The van der Waals surface area contributed by atoms with Crippen molar-refractivity contribution in [2.45, 2.75) is 39.5 Å². The Morgan fingerprint density at radius 3 is 2.47 bits per heavy atom. The van der Waals surface area contributed by atoms with Gasteiger partial charge in [0.15, 0.2) is 0 Å². The van der Waals surface area contributed by atoms with Crippen LogP contribution in [-0.4, -0.2) is 42.4 Å². The van der Waals surface area contributed by atoms with Crippen molar-refractivity contribution in [3.63, 3.8) is 0 Å². The van der Waals surface area contributed by atoms with E-state index in [-0.39, 0.29) is 18.4 Å². The molecule has 100 valence electrons. The Labute approximate surface area is 108 Å². The third kappa shape index (κ3) is 8.02. The first kappa shape index (κ1) is 16.2. The molecule has 5 heteroatoms. The zero-order valence-electron chi connectivity index (χ0n) is 10.7. The fourth-order valence-corrected chi connectivity index (χ4v) is 1.64. The van der Waals surface area contributed by atoms with Gasteiger partial charge in [0.05, 0.1) is 6.61 Å². The summed E-state index contributed by atoms with van der Waals surface area (Å²) in [6.45, 7) is 4.73. The molecule has 0 saturated carbocycles. The highest BCUT2D eigenvalue weighted by Crippen LogP contribution is 2.03. The van der Waals surface area contributed by atoms with E-state index in [4.69, 9.17) is 16.3 Å². The highest BCUT2D eigenvalue weighted by atomic mass is 35.5. The van der Waals surface area contributed by atoms with E-state index < -0.39 is 0 Å². The van der Waals surface area contributed by atoms with Crippen LogP contribution in [0.2, 0.25) is 0 Å². The zero-order chi connectivity index (χ0) is 13.1. The summed E-state index contributed by atoms with van der Waals surface area (Å²) in [5, 5.41) is 0. The Morgan fingerprint density at radius 2 is 1.94 bits per heavy atom. The zero-order valence-corrected chi connectivity index (χ0v) is 11.5. The maximum Gasteiger partial charge on any atom is 0.325 e. The number of nitrogens with zero attached hydrogens (tertiary/aromatic N) is 1. The van der Waals surface area contributed by atoms with Gasteiger partial charge < -0.3 is 9.64 Å². The molecule has 0 heterocycles. The fourth-order valence-electron chi connectivity index (χ4n) is 1.45. The predicted molar refractivity (Wildman–Crippen MR) is 68.1 cm³/mol. The van der Waals surface area contributed by atoms with Crippen LogP contribution in [0.15, 0.2) is 0 Å². The van der Waals surface area contributed by atoms with Crippen LogP contribution in [0, 0.1) is 0 Å². The summed E-state index contributed by atoms with van der Waals surface area (Å²) in [4.78, 5) is 24.7. The molecule has 0 aliphatic carbocycles. The Hall–Kier alpha value is -0.770. The highest BCUT2D eigenvalue weighted by molar-refractivity contribution is 6.17. The van der Waals surface area contributed by atoms with Crippen molar-refractivity contribution in [2.24, 2.45) is 0 Å². The highest BCUT2D eigenvalue weighted by Gasteiger charge is 2.16. The molecule has 0 unspecified atom stereocenters. The topological polar surface area (TPSA) is 46.6 Å². The average molecular weight is 264 g/mol. The number of esters is 1. The number of carbonyl (C=O) groups is 2. The van der Waals surface area contributed by atoms with Gasteiger partial charge in [0.2, 0.25) is 5.91 Å². The molecule has 0 aliphatic heterocycles. The van der Waals surface area contributed by atoms with Gasteiger partial charge in [0.25, 0.3) is 0 Å². The number of carbonyl (C=O) groups excluding carboxylic acids is 2. The molecule has 0 spiro atoms. The van der Waals surface area contributed by atoms with Crippen LogP contribution in [0.5, 0.6) is 0 Å². The van der Waals surface area contributed by atoms with Crippen LogP contribution in [0.4, 0.5) is 0 Å². The number of amides is 1. The maximum absolute atomic E-state index is 11.8. The Balaban J connectivity index is 4.10. The predicted octanol–water partition coefficient (Wildman–Crippen LogP) is 2.20. The molecule has 0 atom stereocenters. The second-order valence-corrected chi connectivity index (χ2v) is 4.14. The van der Waals surface area contributed by atoms with Crippen molar-refractivity contribution in [2.75, 3.05) is 25.6 Å². The van der Waals surface area contributed by atoms with E-state index in [1.165, 1.54) is 0 Å². The number of hydrogen-bond donors (Lipinski definition) is 0. The number of hydrogen-bond acceptors (Lipinski definition) is 3. The average Bonchev–Trinajstić information content (AvgIpc) is 2.29. The lowest BCUT2D eigenvalue weighted by Gasteiger charge is -2.20.